The number of carboxylic acid groups (broad SMARTS) is 1. The Balaban J connectivity index is 1.79. The molecule has 1 aromatic heterocycles. The maximum Gasteiger partial charge on any atom is 0.326 e. The third-order valence-corrected chi connectivity index (χ3v) is 6.52. The summed E-state index contributed by atoms with van der Waals surface area (Å²) >= 11 is 4.21. The topological polar surface area (TPSA) is 152 Å². The molecule has 0 radical (unpaired) electrons. The van der Waals surface area contributed by atoms with Gasteiger partial charge in [-0.15, -0.1) is 0 Å². The second-order valence-electron chi connectivity index (χ2n) is 9.09. The number of aromatic nitrogens is 1. The molecule has 6 N–H and O–H groups in total. The van der Waals surface area contributed by atoms with Gasteiger partial charge in [-0.05, 0) is 36.9 Å². The van der Waals surface area contributed by atoms with Crippen LogP contribution >= 0.6 is 12.6 Å². The van der Waals surface area contributed by atoms with Crippen LogP contribution in [0.15, 0.2) is 30.5 Å². The number of aliphatic carboxylic acids is 1. The van der Waals surface area contributed by atoms with Gasteiger partial charge in [0.05, 0.1) is 6.04 Å². The summed E-state index contributed by atoms with van der Waals surface area (Å²) in [6, 6.07) is 4.06. The molecule has 3 rings (SSSR count). The minimum atomic E-state index is -1.16. The number of aromatic amines is 1. The molecule has 190 valence electrons. The number of thiol groups is 1. The molecule has 4 atom stereocenters. The molecule has 3 amide bonds. The number of amides is 3. The molecular formula is C24H33N5O5S. The van der Waals surface area contributed by atoms with E-state index < -0.39 is 35.9 Å². The predicted molar refractivity (Wildman–Crippen MR) is 135 cm³/mol. The van der Waals surface area contributed by atoms with Crippen molar-refractivity contribution in [2.75, 3.05) is 12.3 Å². The summed E-state index contributed by atoms with van der Waals surface area (Å²) in [7, 11) is 0. The van der Waals surface area contributed by atoms with Crippen LogP contribution in [0.5, 0.6) is 0 Å². The first-order chi connectivity index (χ1) is 16.7. The maximum atomic E-state index is 13.2. The third kappa shape index (κ3) is 6.76. The molecule has 0 spiro atoms. The molecule has 1 aromatic carbocycles. The van der Waals surface area contributed by atoms with Crippen molar-refractivity contribution in [2.24, 2.45) is 5.92 Å². The molecule has 1 aliphatic heterocycles. The second-order valence-corrected chi connectivity index (χ2v) is 9.45. The Kier molecular flexibility index (Phi) is 9.16. The molecule has 1 fully saturated rings. The minimum absolute atomic E-state index is 0.0372. The SMILES string of the molecule is CC(C)C(NC(=O)C(Cc1c[nH]c2ccccc12)NC(=O)C(CS)NC(=O)C1CCCN1)C(=O)O. The molecule has 1 aliphatic rings. The molecule has 10 nitrogen and oxygen atoms in total. The van der Waals surface area contributed by atoms with Crippen molar-refractivity contribution in [1.29, 1.82) is 0 Å². The number of hydrogen-bond donors (Lipinski definition) is 7. The molecule has 0 bridgehead atoms. The summed E-state index contributed by atoms with van der Waals surface area (Å²) in [5.74, 6) is -2.95. The van der Waals surface area contributed by atoms with Gasteiger partial charge < -0.3 is 31.4 Å². The molecule has 1 saturated heterocycles. The van der Waals surface area contributed by atoms with E-state index >= 15 is 0 Å². The van der Waals surface area contributed by atoms with E-state index in [-0.39, 0.29) is 30.0 Å². The van der Waals surface area contributed by atoms with E-state index in [1.54, 1.807) is 20.0 Å². The molecule has 2 heterocycles. The number of benzene rings is 1. The fourth-order valence-corrected chi connectivity index (χ4v) is 4.40. The molecule has 2 aromatic rings. The highest BCUT2D eigenvalue weighted by molar-refractivity contribution is 7.80. The van der Waals surface area contributed by atoms with Gasteiger partial charge in [-0.25, -0.2) is 4.79 Å². The van der Waals surface area contributed by atoms with E-state index in [2.05, 4.69) is 38.9 Å². The van der Waals surface area contributed by atoms with Gasteiger partial charge >= 0.3 is 5.97 Å². The summed E-state index contributed by atoms with van der Waals surface area (Å²) in [6.07, 6.45) is 3.45. The number of carboxylic acids is 1. The van der Waals surface area contributed by atoms with E-state index in [0.29, 0.717) is 6.42 Å². The maximum absolute atomic E-state index is 13.2. The molecule has 0 aliphatic carbocycles. The van der Waals surface area contributed by atoms with Gasteiger partial charge in [0.15, 0.2) is 0 Å². The summed E-state index contributed by atoms with van der Waals surface area (Å²) in [5.41, 5.74) is 1.67. The van der Waals surface area contributed by atoms with Crippen LogP contribution in [0.2, 0.25) is 0 Å². The van der Waals surface area contributed by atoms with E-state index in [9.17, 15) is 24.3 Å². The number of carbonyl (C=O) groups excluding carboxylic acids is 3. The van der Waals surface area contributed by atoms with Gasteiger partial charge in [-0.1, -0.05) is 32.0 Å². The van der Waals surface area contributed by atoms with Crippen LogP contribution in [0.3, 0.4) is 0 Å². The highest BCUT2D eigenvalue weighted by Gasteiger charge is 2.32. The average molecular weight is 504 g/mol. The fourth-order valence-electron chi connectivity index (χ4n) is 4.14. The van der Waals surface area contributed by atoms with Crippen LogP contribution in [0.1, 0.15) is 32.3 Å². The lowest BCUT2D eigenvalue weighted by Crippen LogP contribution is -2.58. The number of rotatable bonds is 11. The van der Waals surface area contributed by atoms with Crippen LogP contribution in [-0.2, 0) is 25.6 Å². The molecule has 35 heavy (non-hydrogen) atoms. The lowest BCUT2D eigenvalue weighted by atomic mass is 10.0. The van der Waals surface area contributed by atoms with Crippen molar-refractivity contribution in [1.82, 2.24) is 26.3 Å². The van der Waals surface area contributed by atoms with Gasteiger partial charge in [0.1, 0.15) is 18.1 Å². The first-order valence-electron chi connectivity index (χ1n) is 11.7. The van der Waals surface area contributed by atoms with Crippen LogP contribution in [0, 0.1) is 5.92 Å². The Morgan fingerprint density at radius 2 is 1.80 bits per heavy atom. The molecule has 0 saturated carbocycles. The summed E-state index contributed by atoms with van der Waals surface area (Å²) < 4.78 is 0. The first-order valence-corrected chi connectivity index (χ1v) is 12.4. The Morgan fingerprint density at radius 1 is 1.09 bits per heavy atom. The monoisotopic (exact) mass is 503 g/mol. The van der Waals surface area contributed by atoms with Gasteiger partial charge in [-0.2, -0.15) is 12.6 Å². The summed E-state index contributed by atoms with van der Waals surface area (Å²) in [5, 5.41) is 21.4. The van der Waals surface area contributed by atoms with Crippen molar-refractivity contribution in [3.8, 4) is 0 Å². The normalized spacial score (nSPS) is 18.1. The van der Waals surface area contributed by atoms with Gasteiger partial charge in [0.25, 0.3) is 0 Å². The van der Waals surface area contributed by atoms with Crippen LogP contribution < -0.4 is 21.3 Å². The van der Waals surface area contributed by atoms with Crippen molar-refractivity contribution in [2.45, 2.75) is 57.3 Å². The van der Waals surface area contributed by atoms with Crippen LogP contribution in [0.4, 0.5) is 0 Å². The smallest absolute Gasteiger partial charge is 0.326 e. The number of para-hydroxylation sites is 1. The second kappa shape index (κ2) is 12.1. The zero-order chi connectivity index (χ0) is 25.5. The van der Waals surface area contributed by atoms with E-state index in [1.807, 2.05) is 24.3 Å². The van der Waals surface area contributed by atoms with E-state index in [0.717, 1.165) is 29.4 Å². The lowest BCUT2D eigenvalue weighted by Gasteiger charge is -2.25. The zero-order valence-corrected chi connectivity index (χ0v) is 20.7. The van der Waals surface area contributed by atoms with Gasteiger partial charge in [0.2, 0.25) is 17.7 Å². The van der Waals surface area contributed by atoms with Gasteiger partial charge in [0, 0.05) is 29.3 Å². The third-order valence-electron chi connectivity index (χ3n) is 6.15. The number of nitrogens with one attached hydrogen (secondary N) is 5. The zero-order valence-electron chi connectivity index (χ0n) is 19.8. The molecule has 11 heteroatoms. The van der Waals surface area contributed by atoms with E-state index in [1.165, 1.54) is 0 Å². The number of H-pyrrole nitrogens is 1. The highest BCUT2D eigenvalue weighted by Crippen LogP contribution is 2.19. The summed E-state index contributed by atoms with van der Waals surface area (Å²) in [4.78, 5) is 53.6. The van der Waals surface area contributed by atoms with Crippen molar-refractivity contribution in [3.05, 3.63) is 36.0 Å². The van der Waals surface area contributed by atoms with Crippen LogP contribution in [0.25, 0.3) is 10.9 Å². The van der Waals surface area contributed by atoms with Crippen LogP contribution in [-0.4, -0.2) is 70.2 Å². The Labute approximate surface area is 209 Å². The van der Waals surface area contributed by atoms with Crippen molar-refractivity contribution >= 4 is 47.2 Å². The molecule has 4 unspecified atom stereocenters. The predicted octanol–water partition coefficient (Wildman–Crippen LogP) is 0.587. The minimum Gasteiger partial charge on any atom is -0.480 e. The Hall–Kier alpha value is -3.05. The van der Waals surface area contributed by atoms with Gasteiger partial charge in [-0.3, -0.25) is 14.4 Å². The van der Waals surface area contributed by atoms with Crippen molar-refractivity contribution < 1.29 is 24.3 Å². The standard InChI is InChI=1S/C24H33N5O5S/c1-13(2)20(24(33)34)29-22(31)18(10-14-11-26-16-7-4-3-6-15(14)16)27-23(32)19(12-35)28-21(30)17-8-5-9-25-17/h3-4,6-7,11,13,17-20,25-26,35H,5,8-10,12H2,1-2H3,(H,27,32)(H,28,30)(H,29,31)(H,33,34). The number of hydrogen-bond acceptors (Lipinski definition) is 6. The average Bonchev–Trinajstić information content (AvgIpc) is 3.50. The fraction of sp³-hybridized carbons (Fsp3) is 0.500. The highest BCUT2D eigenvalue weighted by atomic mass is 32.1. The van der Waals surface area contributed by atoms with E-state index in [4.69, 9.17) is 0 Å². The number of fused-ring (bicyclic) bond motifs is 1. The first kappa shape index (κ1) is 26.6. The molecular weight excluding hydrogens is 470 g/mol. The lowest BCUT2D eigenvalue weighted by molar-refractivity contribution is -0.143. The quantitative estimate of drug-likeness (QED) is 0.223. The number of carbonyl (C=O) groups is 4. The van der Waals surface area contributed by atoms with Crippen molar-refractivity contribution in [3.63, 3.8) is 0 Å². The Morgan fingerprint density at radius 3 is 2.43 bits per heavy atom. The summed E-state index contributed by atoms with van der Waals surface area (Å²) in [6.45, 7) is 4.12. The Bertz CT molecular complexity index is 1070. The largest absolute Gasteiger partial charge is 0.480 e.